The van der Waals surface area contributed by atoms with Gasteiger partial charge in [0.05, 0.1) is 0 Å². The summed E-state index contributed by atoms with van der Waals surface area (Å²) in [6, 6.07) is 7.07. The Kier molecular flexibility index (Phi) is 9.56. The molecule has 0 aliphatic heterocycles. The molecule has 1 amide bonds. The van der Waals surface area contributed by atoms with Crippen molar-refractivity contribution in [2.45, 2.75) is 24.0 Å². The monoisotopic (exact) mass is 434 g/mol. The fraction of sp³-hybridized carbons (Fsp3) is 0.529. The molecule has 10 heteroatoms. The maximum atomic E-state index is 13.1. The molecular weight excluding hydrogens is 407 g/mol. The zero-order valence-corrected chi connectivity index (χ0v) is 19.0. The van der Waals surface area contributed by atoms with E-state index in [1.54, 1.807) is 44.6 Å². The van der Waals surface area contributed by atoms with E-state index in [1.165, 1.54) is 23.4 Å². The topological polar surface area (TPSA) is 85.3 Å². The van der Waals surface area contributed by atoms with Gasteiger partial charge >= 0.3 is 6.09 Å². The molecule has 1 rings (SSSR count). The molecule has 1 unspecified atom stereocenters. The maximum absolute atomic E-state index is 13.1. The van der Waals surface area contributed by atoms with Gasteiger partial charge in [0.15, 0.2) is 0 Å². The molecule has 152 valence electrons. The van der Waals surface area contributed by atoms with Crippen molar-refractivity contribution in [1.29, 1.82) is 0 Å². The number of oxime groups is 1. The van der Waals surface area contributed by atoms with E-state index in [-0.39, 0.29) is 5.90 Å². The summed E-state index contributed by atoms with van der Waals surface area (Å²) in [6.45, 7) is 3.73. The van der Waals surface area contributed by atoms with Crippen molar-refractivity contribution in [3.63, 3.8) is 0 Å². The predicted octanol–water partition coefficient (Wildman–Crippen LogP) is 4.17. The second-order valence-electron chi connectivity index (χ2n) is 5.83. The summed E-state index contributed by atoms with van der Waals surface area (Å²) < 4.78 is 30.4. The molecule has 1 aromatic carbocycles. The highest BCUT2D eigenvalue weighted by Crippen LogP contribution is 2.63. The van der Waals surface area contributed by atoms with Gasteiger partial charge in [0.2, 0.25) is 0 Å². The summed E-state index contributed by atoms with van der Waals surface area (Å²) in [5.41, 5.74) is 0.692. The van der Waals surface area contributed by atoms with Crippen LogP contribution in [0.25, 0.3) is 0 Å². The van der Waals surface area contributed by atoms with Gasteiger partial charge in [-0.2, -0.15) is 0 Å². The quantitative estimate of drug-likeness (QED) is 0.264. The van der Waals surface area contributed by atoms with Crippen LogP contribution in [-0.2, 0) is 24.9 Å². The van der Waals surface area contributed by atoms with Gasteiger partial charge in [0.1, 0.15) is 18.7 Å². The first kappa shape index (κ1) is 23.7. The average molecular weight is 435 g/mol. The molecule has 0 N–H and O–H groups in total. The van der Waals surface area contributed by atoms with Crippen molar-refractivity contribution in [3.8, 4) is 0 Å². The van der Waals surface area contributed by atoms with E-state index >= 15 is 0 Å². The Morgan fingerprint density at radius 1 is 1.33 bits per heavy atom. The van der Waals surface area contributed by atoms with Crippen LogP contribution in [0.3, 0.4) is 0 Å². The standard InChI is InChI=1S/C17H27N2O5PS2/c1-7-25(21,8-2)26-15(13-10-9-11-14(12-13)27(6)22)16(18-23-5)24-17(20)19(3)4/h9-12,15H,7-8H2,1-6H3/t15?,27-/m0/s1. The normalized spacial score (nSPS) is 14.4. The molecule has 0 spiro atoms. The fourth-order valence-corrected chi connectivity index (χ4v) is 6.89. The van der Waals surface area contributed by atoms with Crippen LogP contribution in [0.5, 0.6) is 0 Å². The van der Waals surface area contributed by atoms with E-state index in [1.807, 2.05) is 13.8 Å². The first-order valence-electron chi connectivity index (χ1n) is 8.37. The summed E-state index contributed by atoms with van der Waals surface area (Å²) >= 11 is 1.22. The van der Waals surface area contributed by atoms with Crippen LogP contribution >= 0.6 is 17.7 Å². The molecule has 0 aromatic heterocycles. The zero-order valence-electron chi connectivity index (χ0n) is 16.5. The van der Waals surface area contributed by atoms with Gasteiger partial charge in [-0.05, 0) is 17.7 Å². The Morgan fingerprint density at radius 3 is 2.44 bits per heavy atom. The lowest BCUT2D eigenvalue weighted by atomic mass is 10.1. The number of ether oxygens (including phenoxy) is 1. The molecule has 0 radical (unpaired) electrons. The third-order valence-corrected chi connectivity index (χ3v) is 11.0. The molecule has 0 fully saturated rings. The van der Waals surface area contributed by atoms with E-state index < -0.39 is 28.5 Å². The van der Waals surface area contributed by atoms with Crippen molar-refractivity contribution in [3.05, 3.63) is 29.8 Å². The predicted molar refractivity (Wildman–Crippen MR) is 112 cm³/mol. The van der Waals surface area contributed by atoms with Crippen LogP contribution in [0.4, 0.5) is 4.79 Å². The zero-order chi connectivity index (χ0) is 20.6. The molecule has 27 heavy (non-hydrogen) atoms. The average Bonchev–Trinajstić information content (AvgIpc) is 2.65. The SMILES string of the molecule is CCP(=O)(CC)SC(C(=NOC)OC(=O)N(C)C)c1cccc([S@](C)=O)c1. The maximum Gasteiger partial charge on any atom is 0.415 e. The highest BCUT2D eigenvalue weighted by molar-refractivity contribution is 8.58. The highest BCUT2D eigenvalue weighted by Gasteiger charge is 2.32. The Labute approximate surface area is 167 Å². The number of hydrogen-bond acceptors (Lipinski definition) is 7. The lowest BCUT2D eigenvalue weighted by Gasteiger charge is -2.24. The molecule has 0 saturated heterocycles. The Hall–Kier alpha value is -1.31. The minimum Gasteiger partial charge on any atom is -0.396 e. The lowest BCUT2D eigenvalue weighted by molar-refractivity contribution is 0.156. The number of carbonyl (C=O) groups excluding carboxylic acids is 1. The minimum atomic E-state index is -2.59. The largest absolute Gasteiger partial charge is 0.415 e. The van der Waals surface area contributed by atoms with Gasteiger partial charge in [-0.15, -0.1) is 0 Å². The summed E-state index contributed by atoms with van der Waals surface area (Å²) in [5, 5.41) is 3.24. The van der Waals surface area contributed by atoms with Crippen LogP contribution in [0.1, 0.15) is 24.7 Å². The van der Waals surface area contributed by atoms with E-state index in [0.29, 0.717) is 22.8 Å². The molecule has 0 saturated carbocycles. The first-order valence-corrected chi connectivity index (χ1v) is 13.5. The Bertz CT molecular complexity index is 747. The molecule has 0 bridgehead atoms. The van der Waals surface area contributed by atoms with Crippen LogP contribution in [0.15, 0.2) is 34.3 Å². The van der Waals surface area contributed by atoms with E-state index in [2.05, 4.69) is 5.16 Å². The molecule has 0 heterocycles. The Morgan fingerprint density at radius 2 is 1.96 bits per heavy atom. The molecular formula is C17H27N2O5PS2. The third-order valence-electron chi connectivity index (χ3n) is 3.72. The second kappa shape index (κ2) is 10.9. The number of nitrogens with zero attached hydrogens (tertiary/aromatic N) is 2. The van der Waals surface area contributed by atoms with E-state index in [0.717, 1.165) is 0 Å². The first-order chi connectivity index (χ1) is 12.7. The van der Waals surface area contributed by atoms with Crippen LogP contribution in [0.2, 0.25) is 0 Å². The van der Waals surface area contributed by atoms with Crippen molar-refractivity contribution in [2.24, 2.45) is 5.16 Å². The van der Waals surface area contributed by atoms with Crippen molar-refractivity contribution >= 4 is 40.5 Å². The third kappa shape index (κ3) is 6.97. The van der Waals surface area contributed by atoms with Crippen molar-refractivity contribution < 1.29 is 23.1 Å². The highest BCUT2D eigenvalue weighted by atomic mass is 32.7. The van der Waals surface area contributed by atoms with Gasteiger partial charge < -0.3 is 19.0 Å². The van der Waals surface area contributed by atoms with Gasteiger partial charge in [-0.3, -0.25) is 4.21 Å². The van der Waals surface area contributed by atoms with Crippen molar-refractivity contribution in [1.82, 2.24) is 4.90 Å². The van der Waals surface area contributed by atoms with Crippen LogP contribution in [0, 0.1) is 0 Å². The number of benzene rings is 1. The smallest absolute Gasteiger partial charge is 0.396 e. The summed E-state index contributed by atoms with van der Waals surface area (Å²) in [5.74, 6) is 0.00219. The van der Waals surface area contributed by atoms with Crippen LogP contribution < -0.4 is 0 Å². The van der Waals surface area contributed by atoms with Gasteiger partial charge in [0.25, 0.3) is 5.90 Å². The van der Waals surface area contributed by atoms with E-state index in [9.17, 15) is 13.6 Å². The molecule has 1 aromatic rings. The molecule has 2 atom stereocenters. The lowest BCUT2D eigenvalue weighted by Crippen LogP contribution is -2.28. The number of carbonyl (C=O) groups is 1. The van der Waals surface area contributed by atoms with Gasteiger partial charge in [-0.25, -0.2) is 4.79 Å². The number of amides is 1. The number of hydrogen-bond donors (Lipinski definition) is 0. The van der Waals surface area contributed by atoms with Gasteiger partial charge in [-0.1, -0.05) is 42.5 Å². The van der Waals surface area contributed by atoms with E-state index in [4.69, 9.17) is 9.57 Å². The molecule has 0 aliphatic carbocycles. The summed E-state index contributed by atoms with van der Waals surface area (Å²) in [4.78, 5) is 18.8. The summed E-state index contributed by atoms with van der Waals surface area (Å²) in [7, 11) is 3.27. The Balaban J connectivity index is 3.45. The molecule has 0 aliphatic rings. The van der Waals surface area contributed by atoms with Crippen LogP contribution in [-0.4, -0.2) is 60.9 Å². The molecule has 7 nitrogen and oxygen atoms in total. The minimum absolute atomic E-state index is 0.00219. The summed E-state index contributed by atoms with van der Waals surface area (Å²) in [6.07, 6.45) is -0.635. The van der Waals surface area contributed by atoms with Gasteiger partial charge in [0, 0.05) is 48.4 Å². The fourth-order valence-electron chi connectivity index (χ4n) is 2.06. The van der Waals surface area contributed by atoms with Crippen molar-refractivity contribution in [2.75, 3.05) is 39.8 Å². The number of rotatable bonds is 8. The second-order valence-corrected chi connectivity index (χ2v) is 13.4.